The van der Waals surface area contributed by atoms with E-state index in [-0.39, 0.29) is 18.0 Å². The van der Waals surface area contributed by atoms with Crippen LogP contribution in [0.5, 0.6) is 0 Å². The maximum Gasteiger partial charge on any atom is 0.187 e. The summed E-state index contributed by atoms with van der Waals surface area (Å²) in [6.45, 7) is 2.17. The quantitative estimate of drug-likeness (QED) is 0.240. The molecular formula is C27H24N6OS2. The van der Waals surface area contributed by atoms with Crippen molar-refractivity contribution in [2.75, 3.05) is 17.7 Å². The number of hydrogen-bond acceptors (Lipinski definition) is 9. The lowest BCUT2D eigenvalue weighted by molar-refractivity contribution is 0.288. The third kappa shape index (κ3) is 5.84. The Morgan fingerprint density at radius 1 is 1.08 bits per heavy atom. The second-order valence-electron chi connectivity index (χ2n) is 8.10. The van der Waals surface area contributed by atoms with Crippen LogP contribution < -0.4 is 11.1 Å². The summed E-state index contributed by atoms with van der Waals surface area (Å²) < 4.78 is 0. The van der Waals surface area contributed by atoms with Crippen LogP contribution in [-0.2, 0) is 12.2 Å². The zero-order chi connectivity index (χ0) is 25.5. The van der Waals surface area contributed by atoms with Gasteiger partial charge in [-0.05, 0) is 48.6 Å². The van der Waals surface area contributed by atoms with Crippen LogP contribution in [-0.4, -0.2) is 21.7 Å². The van der Waals surface area contributed by atoms with Crippen molar-refractivity contribution >= 4 is 39.7 Å². The van der Waals surface area contributed by atoms with Crippen LogP contribution in [0.25, 0.3) is 11.1 Å². The van der Waals surface area contributed by atoms with Gasteiger partial charge in [0.2, 0.25) is 0 Å². The van der Waals surface area contributed by atoms with Crippen LogP contribution in [0, 0.1) is 29.6 Å². The number of nitrogens with zero attached hydrogens (tertiary/aromatic N) is 4. The molecule has 0 saturated heterocycles. The Hall–Kier alpha value is -3.89. The highest BCUT2D eigenvalue weighted by atomic mass is 32.2. The van der Waals surface area contributed by atoms with Gasteiger partial charge < -0.3 is 16.2 Å². The summed E-state index contributed by atoms with van der Waals surface area (Å²) in [6, 6.07) is 20.1. The van der Waals surface area contributed by atoms with Crippen LogP contribution in [0.15, 0.2) is 58.9 Å². The molecule has 0 fully saturated rings. The number of anilines is 3. The molecule has 0 atom stereocenters. The van der Waals surface area contributed by atoms with Crippen LogP contribution in [0.1, 0.15) is 34.4 Å². The van der Waals surface area contributed by atoms with Crippen molar-refractivity contribution in [3.05, 3.63) is 81.9 Å². The molecule has 0 aliphatic heterocycles. The van der Waals surface area contributed by atoms with E-state index in [9.17, 15) is 10.5 Å². The fourth-order valence-electron chi connectivity index (χ4n) is 3.73. The van der Waals surface area contributed by atoms with Crippen LogP contribution in [0.2, 0.25) is 0 Å². The number of nitrogens with one attached hydrogen (secondary N) is 1. The summed E-state index contributed by atoms with van der Waals surface area (Å²) in [4.78, 5) is 9.04. The maximum atomic E-state index is 10.0. The fraction of sp³-hybridized carbons (Fsp3) is 0.185. The lowest BCUT2D eigenvalue weighted by atomic mass is 9.95. The number of benzene rings is 2. The first kappa shape index (κ1) is 25.2. The zero-order valence-electron chi connectivity index (χ0n) is 19.7. The lowest BCUT2D eigenvalue weighted by Gasteiger charge is -2.13. The SMILES string of the molecule is Cc1cccc(Nc2nc(CSc3nc(N)c(C#N)c(-c4ccc(CCCO)cc4)c3C#N)cs2)c1. The minimum atomic E-state index is 0.0958. The van der Waals surface area contributed by atoms with Gasteiger partial charge >= 0.3 is 0 Å². The molecule has 0 spiro atoms. The van der Waals surface area contributed by atoms with Crippen molar-refractivity contribution in [3.63, 3.8) is 0 Å². The molecule has 2 aromatic carbocycles. The molecule has 4 rings (SSSR count). The van der Waals surface area contributed by atoms with Crippen molar-refractivity contribution < 1.29 is 5.11 Å². The fourth-order valence-corrected chi connectivity index (χ4v) is 5.46. The molecular weight excluding hydrogens is 488 g/mol. The average molecular weight is 513 g/mol. The Kier molecular flexibility index (Phi) is 8.19. The summed E-state index contributed by atoms with van der Waals surface area (Å²) in [7, 11) is 0. The van der Waals surface area contributed by atoms with Gasteiger partial charge in [-0.3, -0.25) is 0 Å². The first-order valence-corrected chi connectivity index (χ1v) is 13.1. The number of thioether (sulfide) groups is 1. The Balaban J connectivity index is 1.58. The highest BCUT2D eigenvalue weighted by Gasteiger charge is 2.21. The molecule has 0 unspecified atom stereocenters. The molecule has 0 saturated carbocycles. The van der Waals surface area contributed by atoms with E-state index >= 15 is 0 Å². The third-order valence-electron chi connectivity index (χ3n) is 5.46. The molecule has 0 amide bonds. The van der Waals surface area contributed by atoms with Crippen molar-refractivity contribution in [1.82, 2.24) is 9.97 Å². The molecule has 180 valence electrons. The van der Waals surface area contributed by atoms with Crippen molar-refractivity contribution in [2.24, 2.45) is 0 Å². The molecule has 2 aromatic heterocycles. The number of rotatable bonds is 9. The van der Waals surface area contributed by atoms with Crippen molar-refractivity contribution in [3.8, 4) is 23.3 Å². The molecule has 2 heterocycles. The van der Waals surface area contributed by atoms with E-state index < -0.39 is 0 Å². The van der Waals surface area contributed by atoms with Gasteiger partial charge in [0.05, 0.1) is 11.3 Å². The van der Waals surface area contributed by atoms with Gasteiger partial charge in [-0.1, -0.05) is 48.2 Å². The molecule has 4 N–H and O–H groups in total. The van der Waals surface area contributed by atoms with Gasteiger partial charge in [0.15, 0.2) is 5.13 Å². The highest BCUT2D eigenvalue weighted by Crippen LogP contribution is 2.37. The minimum Gasteiger partial charge on any atom is -0.396 e. The van der Waals surface area contributed by atoms with Gasteiger partial charge in [-0.2, -0.15) is 10.5 Å². The first-order chi connectivity index (χ1) is 17.5. The summed E-state index contributed by atoms with van der Waals surface area (Å²) in [5.74, 6) is 0.594. The van der Waals surface area contributed by atoms with Gasteiger partial charge in [-0.15, -0.1) is 11.3 Å². The summed E-state index contributed by atoms with van der Waals surface area (Å²) in [6.07, 6.45) is 1.43. The maximum absolute atomic E-state index is 10.0. The number of aliphatic hydroxyl groups is 1. The number of aliphatic hydroxyl groups excluding tert-OH is 1. The largest absolute Gasteiger partial charge is 0.396 e. The number of nitrogen functional groups attached to an aromatic ring is 1. The number of aryl methyl sites for hydroxylation is 2. The topological polar surface area (TPSA) is 132 Å². The molecule has 4 aromatic rings. The third-order valence-corrected chi connectivity index (χ3v) is 7.28. The molecule has 0 radical (unpaired) electrons. The van der Waals surface area contributed by atoms with E-state index in [0.717, 1.165) is 39.6 Å². The predicted octanol–water partition coefficient (Wildman–Crippen LogP) is 5.80. The van der Waals surface area contributed by atoms with Gasteiger partial charge in [0, 0.05) is 29.0 Å². The van der Waals surface area contributed by atoms with E-state index in [2.05, 4.69) is 33.5 Å². The van der Waals surface area contributed by atoms with Crippen molar-refractivity contribution in [2.45, 2.75) is 30.5 Å². The number of hydrogen-bond donors (Lipinski definition) is 3. The lowest BCUT2D eigenvalue weighted by Crippen LogP contribution is -2.03. The number of aromatic nitrogens is 2. The monoisotopic (exact) mass is 512 g/mol. The summed E-state index contributed by atoms with van der Waals surface area (Å²) in [5.41, 5.74) is 11.9. The second kappa shape index (κ2) is 11.7. The van der Waals surface area contributed by atoms with E-state index in [0.29, 0.717) is 28.3 Å². The highest BCUT2D eigenvalue weighted by molar-refractivity contribution is 7.98. The molecule has 0 bridgehead atoms. The Morgan fingerprint density at radius 3 is 2.56 bits per heavy atom. The van der Waals surface area contributed by atoms with Gasteiger partial charge in [0.1, 0.15) is 28.5 Å². The number of nitrogens with two attached hydrogens (primary N) is 1. The number of thiazole rings is 1. The van der Waals surface area contributed by atoms with E-state index in [1.165, 1.54) is 23.1 Å². The Bertz CT molecular complexity index is 1450. The van der Waals surface area contributed by atoms with Crippen LogP contribution in [0.4, 0.5) is 16.6 Å². The number of pyridine rings is 1. The molecule has 36 heavy (non-hydrogen) atoms. The van der Waals surface area contributed by atoms with Crippen LogP contribution >= 0.6 is 23.1 Å². The molecule has 7 nitrogen and oxygen atoms in total. The Labute approximate surface area is 218 Å². The van der Waals surface area contributed by atoms with Crippen molar-refractivity contribution in [1.29, 1.82) is 10.5 Å². The molecule has 0 aliphatic carbocycles. The van der Waals surface area contributed by atoms with Gasteiger partial charge in [-0.25, -0.2) is 9.97 Å². The number of nitriles is 2. The standard InChI is InChI=1S/C27H24N6OS2/c1-17-4-2-6-20(12-17)31-27-32-21(16-36-27)15-35-26-23(14-29)24(22(13-28)25(30)33-26)19-9-7-18(8-10-19)5-3-11-34/h2,4,6-10,12,16,34H,3,5,11,15H2,1H3,(H2,30,33)(H,31,32). The predicted molar refractivity (Wildman–Crippen MR) is 145 cm³/mol. The second-order valence-corrected chi connectivity index (χ2v) is 9.92. The van der Waals surface area contributed by atoms with Gasteiger partial charge in [0.25, 0.3) is 0 Å². The minimum absolute atomic E-state index is 0.0958. The Morgan fingerprint density at radius 2 is 1.86 bits per heavy atom. The zero-order valence-corrected chi connectivity index (χ0v) is 21.3. The van der Waals surface area contributed by atoms with E-state index in [1.807, 2.05) is 54.8 Å². The first-order valence-electron chi connectivity index (χ1n) is 11.3. The normalized spacial score (nSPS) is 10.6. The summed E-state index contributed by atoms with van der Waals surface area (Å²) in [5, 5.41) is 35.4. The average Bonchev–Trinajstić information content (AvgIpc) is 3.33. The molecule has 0 aliphatic rings. The molecule has 9 heteroatoms. The summed E-state index contributed by atoms with van der Waals surface area (Å²) >= 11 is 2.88. The smallest absolute Gasteiger partial charge is 0.187 e. The van der Waals surface area contributed by atoms with Crippen LogP contribution in [0.3, 0.4) is 0 Å². The van der Waals surface area contributed by atoms with E-state index in [4.69, 9.17) is 10.8 Å². The van der Waals surface area contributed by atoms with E-state index in [1.54, 1.807) is 0 Å².